The van der Waals surface area contributed by atoms with Crippen LogP contribution < -0.4 is 5.48 Å². The van der Waals surface area contributed by atoms with E-state index in [4.69, 9.17) is 4.84 Å². The number of hydrogen-bond acceptors (Lipinski definition) is 2. The topological polar surface area (TPSA) is 21.3 Å². The van der Waals surface area contributed by atoms with Gasteiger partial charge in [-0.3, -0.25) is 10.3 Å². The molecule has 2 aromatic carbocycles. The molecule has 0 spiro atoms. The van der Waals surface area contributed by atoms with Crippen molar-refractivity contribution in [3.05, 3.63) is 66.2 Å². The lowest BCUT2D eigenvalue weighted by atomic mass is 10.2. The number of benzene rings is 2. The van der Waals surface area contributed by atoms with Crippen LogP contribution in [-0.4, -0.2) is 0 Å². The van der Waals surface area contributed by atoms with E-state index in [-0.39, 0.29) is 12.4 Å². The second kappa shape index (κ2) is 6.88. The minimum absolute atomic E-state index is 0. The van der Waals surface area contributed by atoms with Crippen LogP contribution in [0.25, 0.3) is 0 Å². The van der Waals surface area contributed by atoms with Gasteiger partial charge in [-0.2, -0.15) is 0 Å². The Morgan fingerprint density at radius 2 is 1.69 bits per heavy atom. The summed E-state index contributed by atoms with van der Waals surface area (Å²) in [5, 5.41) is 0. The number of anilines is 1. The van der Waals surface area contributed by atoms with E-state index >= 15 is 0 Å². The van der Waals surface area contributed by atoms with Gasteiger partial charge < -0.3 is 0 Å². The van der Waals surface area contributed by atoms with Crippen LogP contribution in [0, 0.1) is 6.07 Å². The first kappa shape index (κ1) is 12.6. The maximum atomic E-state index is 5.34. The zero-order chi connectivity index (χ0) is 10.3. The van der Waals surface area contributed by atoms with Crippen LogP contribution in [0.4, 0.5) is 5.69 Å². The standard InChI is InChI=1S/C13H12NO.ClH/c1-3-7-12(8-4-1)11-15-14-13-9-5-2-6-10-13;/h1,3-10,14H,11H2;1H. The number of rotatable bonds is 4. The van der Waals surface area contributed by atoms with Crippen molar-refractivity contribution in [2.45, 2.75) is 6.61 Å². The van der Waals surface area contributed by atoms with Gasteiger partial charge in [-0.25, -0.2) is 0 Å². The Labute approximate surface area is 102 Å². The third kappa shape index (κ3) is 3.93. The van der Waals surface area contributed by atoms with Crippen molar-refractivity contribution in [3.63, 3.8) is 0 Å². The lowest BCUT2D eigenvalue weighted by Crippen LogP contribution is -2.00. The Kier molecular flexibility index (Phi) is 5.40. The van der Waals surface area contributed by atoms with Gasteiger partial charge in [-0.1, -0.05) is 42.5 Å². The van der Waals surface area contributed by atoms with E-state index in [1.165, 1.54) is 0 Å². The molecule has 0 unspecified atom stereocenters. The van der Waals surface area contributed by atoms with Gasteiger partial charge in [0.2, 0.25) is 0 Å². The molecule has 0 aliphatic rings. The monoisotopic (exact) mass is 234 g/mol. The third-order valence-corrected chi connectivity index (χ3v) is 1.99. The number of nitrogens with one attached hydrogen (secondary N) is 1. The maximum Gasteiger partial charge on any atom is 0.0996 e. The molecule has 83 valence electrons. The molecule has 0 saturated heterocycles. The zero-order valence-electron chi connectivity index (χ0n) is 8.72. The van der Waals surface area contributed by atoms with Crippen LogP contribution in [0.1, 0.15) is 5.56 Å². The molecule has 0 atom stereocenters. The molecule has 0 amide bonds. The van der Waals surface area contributed by atoms with E-state index in [1.807, 2.05) is 54.6 Å². The first-order chi connectivity index (χ1) is 7.45. The molecule has 0 fully saturated rings. The third-order valence-electron chi connectivity index (χ3n) is 1.99. The average Bonchev–Trinajstić information content (AvgIpc) is 2.32. The summed E-state index contributed by atoms with van der Waals surface area (Å²) < 4.78 is 0. The summed E-state index contributed by atoms with van der Waals surface area (Å²) in [6.07, 6.45) is 0. The van der Waals surface area contributed by atoms with Gasteiger partial charge in [0.1, 0.15) is 0 Å². The van der Waals surface area contributed by atoms with Crippen molar-refractivity contribution < 1.29 is 4.84 Å². The van der Waals surface area contributed by atoms with Gasteiger partial charge in [-0.05, 0) is 23.8 Å². The van der Waals surface area contributed by atoms with Crippen LogP contribution in [0.2, 0.25) is 0 Å². The van der Waals surface area contributed by atoms with Gasteiger partial charge >= 0.3 is 0 Å². The van der Waals surface area contributed by atoms with Crippen LogP contribution in [-0.2, 0) is 11.4 Å². The molecule has 1 N–H and O–H groups in total. The van der Waals surface area contributed by atoms with E-state index in [0.29, 0.717) is 6.61 Å². The van der Waals surface area contributed by atoms with Gasteiger partial charge in [0.05, 0.1) is 12.3 Å². The second-order valence-corrected chi connectivity index (χ2v) is 3.17. The quantitative estimate of drug-likeness (QED) is 0.819. The van der Waals surface area contributed by atoms with Gasteiger partial charge in [0.15, 0.2) is 0 Å². The van der Waals surface area contributed by atoms with Gasteiger partial charge in [0, 0.05) is 0 Å². The summed E-state index contributed by atoms with van der Waals surface area (Å²) in [4.78, 5) is 5.34. The van der Waals surface area contributed by atoms with Crippen LogP contribution in [0.5, 0.6) is 0 Å². The highest BCUT2D eigenvalue weighted by atomic mass is 35.5. The Bertz CT molecular complexity index is 352. The highest BCUT2D eigenvalue weighted by Gasteiger charge is 1.91. The molecule has 0 aromatic heterocycles. The largest absolute Gasteiger partial charge is 0.271 e. The van der Waals surface area contributed by atoms with E-state index in [1.54, 1.807) is 0 Å². The minimum Gasteiger partial charge on any atom is -0.271 e. The molecule has 2 aromatic rings. The van der Waals surface area contributed by atoms with Crippen molar-refractivity contribution in [2.24, 2.45) is 0 Å². The molecule has 16 heavy (non-hydrogen) atoms. The van der Waals surface area contributed by atoms with E-state index in [0.717, 1.165) is 11.3 Å². The predicted molar refractivity (Wildman–Crippen MR) is 67.4 cm³/mol. The minimum atomic E-state index is 0. The highest BCUT2D eigenvalue weighted by Crippen LogP contribution is 2.06. The normalized spacial score (nSPS) is 9.25. The predicted octanol–water partition coefficient (Wildman–Crippen LogP) is 3.45. The summed E-state index contributed by atoms with van der Waals surface area (Å²) in [5.74, 6) is 0. The molecule has 1 radical (unpaired) electrons. The van der Waals surface area contributed by atoms with Crippen molar-refractivity contribution in [1.29, 1.82) is 0 Å². The first-order valence-electron chi connectivity index (χ1n) is 4.83. The Balaban J connectivity index is 0.00000128. The van der Waals surface area contributed by atoms with E-state index in [2.05, 4.69) is 11.5 Å². The summed E-state index contributed by atoms with van der Waals surface area (Å²) in [7, 11) is 0. The molecule has 0 aliphatic heterocycles. The van der Waals surface area contributed by atoms with Crippen molar-refractivity contribution in [3.8, 4) is 0 Å². The average molecular weight is 235 g/mol. The lowest BCUT2D eigenvalue weighted by Gasteiger charge is -2.06. The van der Waals surface area contributed by atoms with E-state index in [9.17, 15) is 0 Å². The molecular weight excluding hydrogens is 222 g/mol. The fraction of sp³-hybridized carbons (Fsp3) is 0.0769. The molecule has 3 heteroatoms. The number of hydrogen-bond donors (Lipinski definition) is 1. The van der Waals surface area contributed by atoms with Crippen molar-refractivity contribution in [2.75, 3.05) is 5.48 Å². The molecule has 2 nitrogen and oxygen atoms in total. The Hall–Kier alpha value is -1.51. The fourth-order valence-electron chi connectivity index (χ4n) is 1.23. The van der Waals surface area contributed by atoms with Gasteiger partial charge in [-0.15, -0.1) is 12.4 Å². The Morgan fingerprint density at radius 3 is 2.38 bits per heavy atom. The molecule has 2 rings (SSSR count). The Morgan fingerprint density at radius 1 is 1.00 bits per heavy atom. The molecule has 0 bridgehead atoms. The zero-order valence-corrected chi connectivity index (χ0v) is 9.54. The SMILES string of the molecule is Cl.[c]1ccc(NOCc2ccccc2)cc1. The summed E-state index contributed by atoms with van der Waals surface area (Å²) in [6.45, 7) is 0.555. The molecule has 0 saturated carbocycles. The first-order valence-corrected chi connectivity index (χ1v) is 4.83. The molecule has 0 heterocycles. The van der Waals surface area contributed by atoms with Gasteiger partial charge in [0.25, 0.3) is 0 Å². The summed E-state index contributed by atoms with van der Waals surface area (Å²) >= 11 is 0. The summed E-state index contributed by atoms with van der Waals surface area (Å²) in [5.41, 5.74) is 4.95. The summed E-state index contributed by atoms with van der Waals surface area (Å²) in [6, 6.07) is 20.5. The number of halogens is 1. The van der Waals surface area contributed by atoms with Crippen molar-refractivity contribution >= 4 is 18.1 Å². The lowest BCUT2D eigenvalue weighted by molar-refractivity contribution is 0.180. The van der Waals surface area contributed by atoms with E-state index < -0.39 is 0 Å². The van der Waals surface area contributed by atoms with Crippen LogP contribution in [0.15, 0.2) is 54.6 Å². The van der Waals surface area contributed by atoms with Crippen molar-refractivity contribution in [1.82, 2.24) is 0 Å². The van der Waals surface area contributed by atoms with Crippen LogP contribution in [0.3, 0.4) is 0 Å². The molecular formula is C13H13ClNO. The second-order valence-electron chi connectivity index (χ2n) is 3.17. The van der Waals surface area contributed by atoms with Crippen LogP contribution >= 0.6 is 12.4 Å². The maximum absolute atomic E-state index is 5.34. The molecule has 0 aliphatic carbocycles. The smallest absolute Gasteiger partial charge is 0.0996 e. The fourth-order valence-corrected chi connectivity index (χ4v) is 1.23. The highest BCUT2D eigenvalue weighted by molar-refractivity contribution is 5.85.